The van der Waals surface area contributed by atoms with E-state index in [1.54, 1.807) is 24.3 Å². The summed E-state index contributed by atoms with van der Waals surface area (Å²) in [5.74, 6) is 0.208. The van der Waals surface area contributed by atoms with E-state index in [0.717, 1.165) is 37.1 Å². The zero-order chi connectivity index (χ0) is 15.8. The second kappa shape index (κ2) is 8.34. The highest BCUT2D eigenvalue weighted by Crippen LogP contribution is 2.18. The second-order valence-electron chi connectivity index (χ2n) is 5.44. The first kappa shape index (κ1) is 16.2. The smallest absolute Gasteiger partial charge is 0.232 e. The van der Waals surface area contributed by atoms with Gasteiger partial charge in [-0.15, -0.1) is 0 Å². The van der Waals surface area contributed by atoms with E-state index >= 15 is 0 Å². The van der Waals surface area contributed by atoms with E-state index in [1.165, 1.54) is 12.6 Å². The Morgan fingerprint density at radius 2 is 2.18 bits per heavy atom. The molecular formula is C17H22N2O3. The van der Waals surface area contributed by atoms with Gasteiger partial charge in [-0.2, -0.15) is 0 Å². The summed E-state index contributed by atoms with van der Waals surface area (Å²) in [6.07, 6.45) is 7.65. The fraction of sp³-hybridized carbons (Fsp3) is 0.412. The van der Waals surface area contributed by atoms with Crippen molar-refractivity contribution in [1.29, 1.82) is 0 Å². The van der Waals surface area contributed by atoms with Gasteiger partial charge in [-0.25, -0.2) is 4.99 Å². The summed E-state index contributed by atoms with van der Waals surface area (Å²) in [5, 5.41) is 9.38. The Balaban J connectivity index is 2.10. The van der Waals surface area contributed by atoms with Crippen LogP contribution in [0, 0.1) is 0 Å². The van der Waals surface area contributed by atoms with E-state index in [1.807, 2.05) is 13.2 Å². The molecule has 0 bridgehead atoms. The second-order valence-corrected chi connectivity index (χ2v) is 5.44. The number of phenols is 1. The Morgan fingerprint density at radius 1 is 1.41 bits per heavy atom. The topological polar surface area (TPSA) is 62.1 Å². The van der Waals surface area contributed by atoms with E-state index in [9.17, 15) is 9.90 Å². The Hall–Kier alpha value is -2.14. The average molecular weight is 302 g/mol. The van der Waals surface area contributed by atoms with Crippen LogP contribution in [-0.4, -0.2) is 48.9 Å². The van der Waals surface area contributed by atoms with Gasteiger partial charge in [-0.1, -0.05) is 12.1 Å². The molecule has 0 saturated carbocycles. The summed E-state index contributed by atoms with van der Waals surface area (Å²) in [4.78, 5) is 16.2. The summed E-state index contributed by atoms with van der Waals surface area (Å²) in [6.45, 7) is 1.64. The van der Waals surface area contributed by atoms with Crippen molar-refractivity contribution in [3.05, 3.63) is 36.0 Å². The maximum absolute atomic E-state index is 10.5. The summed E-state index contributed by atoms with van der Waals surface area (Å²) in [5.41, 5.74) is 1.70. The normalized spacial score (nSPS) is 19.3. The van der Waals surface area contributed by atoms with Gasteiger partial charge in [-0.05, 0) is 37.0 Å². The van der Waals surface area contributed by atoms with Crippen LogP contribution in [0.25, 0.3) is 5.57 Å². The number of ether oxygens (including phenoxy) is 1. The van der Waals surface area contributed by atoms with Crippen molar-refractivity contribution < 1.29 is 14.6 Å². The number of rotatable bonds is 6. The largest absolute Gasteiger partial charge is 0.508 e. The number of phenolic OH excluding ortho intramolecular Hbond substituents is 1. The maximum atomic E-state index is 10.5. The molecule has 0 radical (unpaired) electrons. The minimum absolute atomic E-state index is 0.208. The predicted octanol–water partition coefficient (Wildman–Crippen LogP) is 2.46. The Morgan fingerprint density at radius 3 is 2.82 bits per heavy atom. The molecule has 1 N–H and O–H groups in total. The highest BCUT2D eigenvalue weighted by Gasteiger charge is 2.15. The SMILES string of the molecule is CN(/C=C(\C=N/C=O)c1ccc(O)cc1)CC1CCCCO1. The minimum atomic E-state index is 0.208. The number of hydrogen-bond donors (Lipinski definition) is 1. The van der Waals surface area contributed by atoms with E-state index in [0.29, 0.717) is 6.41 Å². The molecule has 2 rings (SSSR count). The molecule has 0 spiro atoms. The molecule has 0 aromatic heterocycles. The van der Waals surface area contributed by atoms with Crippen LogP contribution in [-0.2, 0) is 9.53 Å². The van der Waals surface area contributed by atoms with Gasteiger partial charge in [-0.3, -0.25) is 4.79 Å². The van der Waals surface area contributed by atoms with E-state index < -0.39 is 0 Å². The third kappa shape index (κ3) is 5.00. The molecule has 5 nitrogen and oxygen atoms in total. The van der Waals surface area contributed by atoms with Crippen LogP contribution in [0.2, 0.25) is 0 Å². The van der Waals surface area contributed by atoms with Crippen molar-refractivity contribution in [3.8, 4) is 5.75 Å². The van der Waals surface area contributed by atoms with Gasteiger partial charge >= 0.3 is 0 Å². The molecule has 1 aliphatic rings. The zero-order valence-corrected chi connectivity index (χ0v) is 12.8. The number of amides is 1. The first-order chi connectivity index (χ1) is 10.7. The average Bonchev–Trinajstić information content (AvgIpc) is 2.53. The summed E-state index contributed by atoms with van der Waals surface area (Å²) in [6, 6.07) is 6.82. The highest BCUT2D eigenvalue weighted by atomic mass is 16.5. The summed E-state index contributed by atoms with van der Waals surface area (Å²) in [7, 11) is 1.98. The molecule has 1 fully saturated rings. The molecule has 5 heteroatoms. The van der Waals surface area contributed by atoms with Crippen LogP contribution >= 0.6 is 0 Å². The first-order valence-electron chi connectivity index (χ1n) is 7.49. The lowest BCUT2D eigenvalue weighted by molar-refractivity contribution is -0.106. The van der Waals surface area contributed by atoms with Crippen LogP contribution in [0.5, 0.6) is 5.75 Å². The number of aromatic hydroxyl groups is 1. The first-order valence-corrected chi connectivity index (χ1v) is 7.49. The molecule has 1 amide bonds. The number of carbonyl (C=O) groups is 1. The lowest BCUT2D eigenvalue weighted by Gasteiger charge is -2.27. The Kier molecular flexibility index (Phi) is 6.15. The van der Waals surface area contributed by atoms with Gasteiger partial charge in [0, 0.05) is 38.2 Å². The quantitative estimate of drug-likeness (QED) is 0.648. The molecule has 118 valence electrons. The molecule has 0 aliphatic carbocycles. The fourth-order valence-electron chi connectivity index (χ4n) is 2.51. The number of likely N-dealkylation sites (N-methyl/N-ethyl adjacent to an activating group) is 1. The lowest BCUT2D eigenvalue weighted by atomic mass is 10.1. The number of allylic oxidation sites excluding steroid dienone is 1. The van der Waals surface area contributed by atoms with Crippen LogP contribution in [0.1, 0.15) is 24.8 Å². The predicted molar refractivity (Wildman–Crippen MR) is 86.9 cm³/mol. The van der Waals surface area contributed by atoms with Crippen LogP contribution in [0.15, 0.2) is 35.5 Å². The van der Waals surface area contributed by atoms with Crippen molar-refractivity contribution >= 4 is 18.2 Å². The molecule has 22 heavy (non-hydrogen) atoms. The number of benzene rings is 1. The molecule has 1 aromatic carbocycles. The summed E-state index contributed by atoms with van der Waals surface area (Å²) >= 11 is 0. The Labute approximate surface area is 130 Å². The van der Waals surface area contributed by atoms with Gasteiger partial charge in [0.15, 0.2) is 0 Å². The number of nitrogens with zero attached hydrogens (tertiary/aromatic N) is 2. The van der Waals surface area contributed by atoms with Crippen molar-refractivity contribution in [2.75, 3.05) is 20.2 Å². The van der Waals surface area contributed by atoms with Gasteiger partial charge in [0.2, 0.25) is 6.41 Å². The Bertz CT molecular complexity index is 531. The molecule has 1 aliphatic heterocycles. The van der Waals surface area contributed by atoms with E-state index in [4.69, 9.17) is 4.74 Å². The van der Waals surface area contributed by atoms with Gasteiger partial charge in [0.1, 0.15) is 5.75 Å². The zero-order valence-electron chi connectivity index (χ0n) is 12.8. The third-order valence-electron chi connectivity index (χ3n) is 3.60. The highest BCUT2D eigenvalue weighted by molar-refractivity contribution is 6.11. The van der Waals surface area contributed by atoms with E-state index in [2.05, 4.69) is 9.89 Å². The van der Waals surface area contributed by atoms with Crippen LogP contribution < -0.4 is 0 Å². The third-order valence-corrected chi connectivity index (χ3v) is 3.60. The number of carbonyl (C=O) groups excluding carboxylic acids is 1. The minimum Gasteiger partial charge on any atom is -0.508 e. The van der Waals surface area contributed by atoms with Crippen molar-refractivity contribution in [2.24, 2.45) is 4.99 Å². The monoisotopic (exact) mass is 302 g/mol. The fourth-order valence-corrected chi connectivity index (χ4v) is 2.51. The molecule has 1 aromatic rings. The van der Waals surface area contributed by atoms with Gasteiger partial charge < -0.3 is 14.7 Å². The van der Waals surface area contributed by atoms with E-state index in [-0.39, 0.29) is 11.9 Å². The number of hydrogen-bond acceptors (Lipinski definition) is 4. The van der Waals surface area contributed by atoms with Crippen molar-refractivity contribution in [2.45, 2.75) is 25.4 Å². The van der Waals surface area contributed by atoms with Crippen molar-refractivity contribution in [1.82, 2.24) is 4.90 Å². The molecule has 1 heterocycles. The molecule has 1 unspecified atom stereocenters. The molecule has 1 atom stereocenters. The maximum Gasteiger partial charge on any atom is 0.232 e. The van der Waals surface area contributed by atoms with Crippen LogP contribution in [0.3, 0.4) is 0 Å². The van der Waals surface area contributed by atoms with Crippen LogP contribution in [0.4, 0.5) is 0 Å². The standard InChI is InChI=1S/C17H22N2O3/c1-19(12-17-4-2-3-9-22-17)11-15(10-18-13-20)14-5-7-16(21)8-6-14/h5-8,10-11,13,17,21H,2-4,9,12H2,1H3/b15-11+,18-10-. The van der Waals surface area contributed by atoms with Crippen molar-refractivity contribution in [3.63, 3.8) is 0 Å². The molecule has 1 saturated heterocycles. The summed E-state index contributed by atoms with van der Waals surface area (Å²) < 4.78 is 5.74. The van der Waals surface area contributed by atoms with Gasteiger partial charge in [0.05, 0.1) is 6.10 Å². The molecular weight excluding hydrogens is 280 g/mol. The number of aliphatic imine (C=N–C) groups is 1. The van der Waals surface area contributed by atoms with Gasteiger partial charge in [0.25, 0.3) is 0 Å². The lowest BCUT2D eigenvalue weighted by Crippen LogP contribution is -2.30.